The molecule has 5 nitrogen and oxygen atoms in total. The van der Waals surface area contributed by atoms with Crippen LogP contribution in [0.3, 0.4) is 0 Å². The van der Waals surface area contributed by atoms with Crippen molar-refractivity contribution in [3.63, 3.8) is 0 Å². The number of rotatable bonds is 7. The van der Waals surface area contributed by atoms with E-state index in [0.717, 1.165) is 0 Å². The average Bonchev–Trinajstić information content (AvgIpc) is 2.27. The molecule has 1 atom stereocenters. The molecule has 0 aliphatic carbocycles. The lowest BCUT2D eigenvalue weighted by molar-refractivity contribution is 0.173. The van der Waals surface area contributed by atoms with Crippen LogP contribution in [0.4, 0.5) is 5.69 Å². The summed E-state index contributed by atoms with van der Waals surface area (Å²) in [6.45, 7) is 2.28. The Morgan fingerprint density at radius 1 is 1.44 bits per heavy atom. The van der Waals surface area contributed by atoms with Crippen molar-refractivity contribution in [2.24, 2.45) is 0 Å². The van der Waals surface area contributed by atoms with Gasteiger partial charge in [0.05, 0.1) is 12.4 Å². The summed E-state index contributed by atoms with van der Waals surface area (Å²) in [4.78, 5) is 0. The summed E-state index contributed by atoms with van der Waals surface area (Å²) in [5.41, 5.74) is 6.85. The molecule has 0 aromatic heterocycles. The predicted octanol–water partition coefficient (Wildman–Crippen LogP) is 1.11. The second-order valence-corrected chi connectivity index (χ2v) is 5.94. The molecular formula is C12H20N2O3S. The Labute approximate surface area is 108 Å². The molecule has 0 radical (unpaired) electrons. The summed E-state index contributed by atoms with van der Waals surface area (Å²) in [5.74, 6) is -0.0712. The van der Waals surface area contributed by atoms with E-state index in [-0.39, 0.29) is 11.8 Å². The summed E-state index contributed by atoms with van der Waals surface area (Å²) >= 11 is 0. The van der Waals surface area contributed by atoms with Gasteiger partial charge >= 0.3 is 0 Å². The van der Waals surface area contributed by atoms with Gasteiger partial charge in [-0.1, -0.05) is 19.1 Å². The van der Waals surface area contributed by atoms with E-state index in [1.807, 2.05) is 6.92 Å². The molecule has 18 heavy (non-hydrogen) atoms. The van der Waals surface area contributed by atoms with E-state index in [1.54, 1.807) is 31.4 Å². The monoisotopic (exact) mass is 272 g/mol. The van der Waals surface area contributed by atoms with E-state index < -0.39 is 10.0 Å². The molecule has 1 aromatic carbocycles. The van der Waals surface area contributed by atoms with Crippen molar-refractivity contribution in [3.8, 4) is 0 Å². The number of ether oxygens (including phenoxy) is 1. The van der Waals surface area contributed by atoms with E-state index in [0.29, 0.717) is 24.3 Å². The molecule has 3 N–H and O–H groups in total. The van der Waals surface area contributed by atoms with Crippen LogP contribution >= 0.6 is 0 Å². The van der Waals surface area contributed by atoms with E-state index >= 15 is 0 Å². The standard InChI is InChI=1S/C12H20N2O3S/c1-3-12(8-17-2)14-18(15,16)9-10-5-4-6-11(13)7-10/h4-7,12,14H,3,8-9,13H2,1-2H3. The Morgan fingerprint density at radius 2 is 2.17 bits per heavy atom. The number of nitrogen functional groups attached to an aromatic ring is 1. The Kier molecular flexibility index (Phi) is 5.58. The molecule has 6 heteroatoms. The Morgan fingerprint density at radius 3 is 2.72 bits per heavy atom. The number of nitrogens with one attached hydrogen (secondary N) is 1. The molecule has 102 valence electrons. The first-order valence-corrected chi connectivity index (χ1v) is 7.45. The summed E-state index contributed by atoms with van der Waals surface area (Å²) in [5, 5.41) is 0. The topological polar surface area (TPSA) is 81.4 Å². The van der Waals surface area contributed by atoms with Gasteiger partial charge in [0, 0.05) is 18.8 Å². The molecule has 0 saturated carbocycles. The fourth-order valence-electron chi connectivity index (χ4n) is 1.63. The van der Waals surface area contributed by atoms with Crippen LogP contribution in [0.25, 0.3) is 0 Å². The molecule has 1 unspecified atom stereocenters. The zero-order valence-electron chi connectivity index (χ0n) is 10.7. The van der Waals surface area contributed by atoms with Crippen LogP contribution in [-0.2, 0) is 20.5 Å². The predicted molar refractivity (Wildman–Crippen MR) is 72.6 cm³/mol. The van der Waals surface area contributed by atoms with Crippen molar-refractivity contribution in [1.29, 1.82) is 0 Å². The SMILES string of the molecule is CCC(COC)NS(=O)(=O)Cc1cccc(N)c1. The van der Waals surface area contributed by atoms with Crippen molar-refractivity contribution in [3.05, 3.63) is 29.8 Å². The minimum atomic E-state index is -3.37. The quantitative estimate of drug-likeness (QED) is 0.729. The van der Waals surface area contributed by atoms with E-state index in [1.165, 1.54) is 0 Å². The molecule has 1 rings (SSSR count). The van der Waals surface area contributed by atoms with Gasteiger partial charge < -0.3 is 10.5 Å². The van der Waals surface area contributed by atoms with Crippen LogP contribution in [0.2, 0.25) is 0 Å². The summed E-state index contributed by atoms with van der Waals surface area (Å²) in [7, 11) is -1.82. The molecule has 0 fully saturated rings. The Hall–Kier alpha value is -1.11. The third kappa shape index (κ3) is 5.03. The van der Waals surface area contributed by atoms with Gasteiger partial charge in [0.15, 0.2) is 0 Å². The van der Waals surface area contributed by atoms with E-state index in [4.69, 9.17) is 10.5 Å². The molecule has 0 aliphatic rings. The highest BCUT2D eigenvalue weighted by Gasteiger charge is 2.17. The lowest BCUT2D eigenvalue weighted by Gasteiger charge is -2.16. The summed E-state index contributed by atoms with van der Waals surface area (Å²) in [6, 6.07) is 6.68. The maximum atomic E-state index is 11.9. The van der Waals surface area contributed by atoms with Crippen molar-refractivity contribution in [1.82, 2.24) is 4.72 Å². The minimum absolute atomic E-state index is 0.0712. The highest BCUT2D eigenvalue weighted by molar-refractivity contribution is 7.88. The molecule has 0 spiro atoms. The van der Waals surface area contributed by atoms with Crippen LogP contribution < -0.4 is 10.5 Å². The molecule has 0 amide bonds. The van der Waals surface area contributed by atoms with Crippen LogP contribution in [0, 0.1) is 0 Å². The van der Waals surface area contributed by atoms with E-state index in [9.17, 15) is 8.42 Å². The van der Waals surface area contributed by atoms with E-state index in [2.05, 4.69) is 4.72 Å². The van der Waals surface area contributed by atoms with Gasteiger partial charge in [0.1, 0.15) is 0 Å². The summed E-state index contributed by atoms with van der Waals surface area (Å²) in [6.07, 6.45) is 0.685. The van der Waals surface area contributed by atoms with Crippen LogP contribution in [-0.4, -0.2) is 28.2 Å². The van der Waals surface area contributed by atoms with Gasteiger partial charge in [-0.25, -0.2) is 13.1 Å². The fraction of sp³-hybridized carbons (Fsp3) is 0.500. The van der Waals surface area contributed by atoms with Crippen LogP contribution in [0.5, 0.6) is 0 Å². The maximum absolute atomic E-state index is 11.9. The zero-order valence-corrected chi connectivity index (χ0v) is 11.5. The molecule has 0 aliphatic heterocycles. The van der Waals surface area contributed by atoms with Gasteiger partial charge in [0.2, 0.25) is 10.0 Å². The lowest BCUT2D eigenvalue weighted by Crippen LogP contribution is -2.38. The second kappa shape index (κ2) is 6.72. The van der Waals surface area contributed by atoms with Crippen molar-refractivity contribution < 1.29 is 13.2 Å². The third-order valence-corrected chi connectivity index (χ3v) is 3.92. The van der Waals surface area contributed by atoms with Crippen molar-refractivity contribution >= 4 is 15.7 Å². The third-order valence-electron chi connectivity index (χ3n) is 2.51. The molecular weight excluding hydrogens is 252 g/mol. The van der Waals surface area contributed by atoms with Gasteiger partial charge in [0.25, 0.3) is 0 Å². The van der Waals surface area contributed by atoms with Crippen LogP contribution in [0.1, 0.15) is 18.9 Å². The Balaban J connectivity index is 2.70. The Bertz CT molecular complexity index is 474. The first-order valence-electron chi connectivity index (χ1n) is 5.80. The maximum Gasteiger partial charge on any atom is 0.216 e. The largest absolute Gasteiger partial charge is 0.399 e. The van der Waals surface area contributed by atoms with Gasteiger partial charge in [-0.3, -0.25) is 0 Å². The van der Waals surface area contributed by atoms with Crippen molar-refractivity contribution in [2.75, 3.05) is 19.5 Å². The summed E-state index contributed by atoms with van der Waals surface area (Å²) < 4.78 is 31.5. The molecule has 0 saturated heterocycles. The first-order chi connectivity index (χ1) is 8.46. The average molecular weight is 272 g/mol. The van der Waals surface area contributed by atoms with Crippen molar-refractivity contribution in [2.45, 2.75) is 25.1 Å². The fourth-order valence-corrected chi connectivity index (χ4v) is 3.08. The normalized spacial score (nSPS) is 13.4. The number of benzene rings is 1. The number of methoxy groups -OCH3 is 1. The first kappa shape index (κ1) is 14.9. The van der Waals surface area contributed by atoms with Gasteiger partial charge in [-0.05, 0) is 24.1 Å². The van der Waals surface area contributed by atoms with Gasteiger partial charge in [-0.2, -0.15) is 0 Å². The highest BCUT2D eigenvalue weighted by atomic mass is 32.2. The number of sulfonamides is 1. The van der Waals surface area contributed by atoms with Gasteiger partial charge in [-0.15, -0.1) is 0 Å². The zero-order chi connectivity index (χ0) is 13.6. The lowest BCUT2D eigenvalue weighted by atomic mass is 10.2. The second-order valence-electron chi connectivity index (χ2n) is 4.18. The number of hydrogen-bond acceptors (Lipinski definition) is 4. The molecule has 1 aromatic rings. The number of nitrogens with two attached hydrogens (primary N) is 1. The molecule has 0 bridgehead atoms. The minimum Gasteiger partial charge on any atom is -0.399 e. The smallest absolute Gasteiger partial charge is 0.216 e. The highest BCUT2D eigenvalue weighted by Crippen LogP contribution is 2.10. The van der Waals surface area contributed by atoms with Crippen LogP contribution in [0.15, 0.2) is 24.3 Å². The number of anilines is 1. The molecule has 0 heterocycles. The number of hydrogen-bond donors (Lipinski definition) is 2.